The first-order valence-corrected chi connectivity index (χ1v) is 2.99. The molecule has 0 fully saturated rings. The van der Waals surface area contributed by atoms with Gasteiger partial charge in [0.1, 0.15) is 0 Å². The predicted molar refractivity (Wildman–Crippen MR) is 36.1 cm³/mol. The Hall–Kier alpha value is -0.760. The van der Waals surface area contributed by atoms with Crippen molar-refractivity contribution < 1.29 is 9.52 Å². The van der Waals surface area contributed by atoms with Gasteiger partial charge in [0.25, 0.3) is 0 Å². The monoisotopic (exact) mass is 128 g/mol. The summed E-state index contributed by atoms with van der Waals surface area (Å²) in [7, 11) is 0. The van der Waals surface area contributed by atoms with E-state index in [1.54, 1.807) is 12.5 Å². The van der Waals surface area contributed by atoms with Crippen LogP contribution in [0.5, 0.6) is 0 Å². The summed E-state index contributed by atoms with van der Waals surface area (Å²) >= 11 is 0. The third-order valence-electron chi connectivity index (χ3n) is 0.649. The molecular formula is C7H12O2. The largest absolute Gasteiger partial charge is 0.473 e. The molecule has 1 rings (SSSR count). The molecule has 2 heteroatoms. The van der Waals surface area contributed by atoms with Crippen molar-refractivity contribution in [1.82, 2.24) is 0 Å². The maximum Gasteiger partial charge on any atom is 0.0902 e. The smallest absolute Gasteiger partial charge is 0.0902 e. The molecule has 0 amide bonds. The molecule has 9 heavy (non-hydrogen) atoms. The lowest BCUT2D eigenvalue weighted by Gasteiger charge is -1.69. The van der Waals surface area contributed by atoms with Crippen molar-refractivity contribution in [1.29, 1.82) is 0 Å². The number of hydrogen-bond acceptors (Lipinski definition) is 2. The van der Waals surface area contributed by atoms with Crippen LogP contribution in [-0.4, -0.2) is 11.7 Å². The summed E-state index contributed by atoms with van der Waals surface area (Å²) < 4.78 is 4.58. The molecule has 0 atom stereocenters. The van der Waals surface area contributed by atoms with E-state index in [0.29, 0.717) is 6.61 Å². The third kappa shape index (κ3) is 7.24. The van der Waals surface area contributed by atoms with Gasteiger partial charge in [-0.3, -0.25) is 0 Å². The molecule has 0 unspecified atom stereocenters. The molecule has 1 aromatic heterocycles. The minimum absolute atomic E-state index is 0.319. The number of furan rings is 1. The Bertz CT molecular complexity index is 82.4. The number of rotatable bonds is 1. The molecule has 0 aliphatic heterocycles. The second-order valence-electron chi connectivity index (χ2n) is 1.52. The summed E-state index contributed by atoms with van der Waals surface area (Å²) in [4.78, 5) is 0. The van der Waals surface area contributed by atoms with Crippen molar-refractivity contribution in [2.45, 2.75) is 13.3 Å². The van der Waals surface area contributed by atoms with E-state index in [1.807, 2.05) is 19.1 Å². The SMILES string of the molecule is CCCO.c1ccoc1. The van der Waals surface area contributed by atoms with Gasteiger partial charge in [0, 0.05) is 6.61 Å². The highest BCUT2D eigenvalue weighted by Crippen LogP contribution is 1.79. The van der Waals surface area contributed by atoms with E-state index >= 15 is 0 Å². The summed E-state index contributed by atoms with van der Waals surface area (Å²) in [6, 6.07) is 3.67. The summed E-state index contributed by atoms with van der Waals surface area (Å²) in [5.74, 6) is 0. The Morgan fingerprint density at radius 3 is 1.89 bits per heavy atom. The Balaban J connectivity index is 0.000000148. The van der Waals surface area contributed by atoms with Crippen molar-refractivity contribution in [3.8, 4) is 0 Å². The average Bonchev–Trinajstić information content (AvgIpc) is 2.43. The molecule has 0 aliphatic rings. The van der Waals surface area contributed by atoms with Gasteiger partial charge in [0.2, 0.25) is 0 Å². The van der Waals surface area contributed by atoms with Crippen LogP contribution >= 0.6 is 0 Å². The van der Waals surface area contributed by atoms with Crippen LogP contribution in [0.15, 0.2) is 29.1 Å². The van der Waals surface area contributed by atoms with Gasteiger partial charge in [-0.25, -0.2) is 0 Å². The van der Waals surface area contributed by atoms with Gasteiger partial charge in [0.05, 0.1) is 12.5 Å². The molecule has 0 radical (unpaired) electrons. The van der Waals surface area contributed by atoms with Gasteiger partial charge >= 0.3 is 0 Å². The van der Waals surface area contributed by atoms with Crippen molar-refractivity contribution in [3.05, 3.63) is 24.7 Å². The molecule has 0 saturated carbocycles. The van der Waals surface area contributed by atoms with Crippen molar-refractivity contribution in [2.24, 2.45) is 0 Å². The zero-order chi connectivity index (χ0) is 6.95. The fourth-order valence-corrected chi connectivity index (χ4v) is 0.227. The zero-order valence-corrected chi connectivity index (χ0v) is 5.58. The average molecular weight is 128 g/mol. The summed E-state index contributed by atoms with van der Waals surface area (Å²) in [6.45, 7) is 2.25. The number of aliphatic hydroxyl groups is 1. The number of aliphatic hydroxyl groups excluding tert-OH is 1. The van der Waals surface area contributed by atoms with E-state index < -0.39 is 0 Å². The zero-order valence-electron chi connectivity index (χ0n) is 5.58. The molecule has 0 bridgehead atoms. The Morgan fingerprint density at radius 2 is 1.78 bits per heavy atom. The molecule has 0 aliphatic carbocycles. The van der Waals surface area contributed by atoms with Crippen LogP contribution in [0.4, 0.5) is 0 Å². The van der Waals surface area contributed by atoms with E-state index in [2.05, 4.69) is 4.42 Å². The van der Waals surface area contributed by atoms with Crippen LogP contribution in [-0.2, 0) is 0 Å². The molecule has 1 aromatic rings. The molecule has 0 aromatic carbocycles. The minimum atomic E-state index is 0.319. The van der Waals surface area contributed by atoms with E-state index in [0.717, 1.165) is 6.42 Å². The maximum absolute atomic E-state index is 7.88. The Kier molecular flexibility index (Phi) is 6.63. The highest BCUT2D eigenvalue weighted by atomic mass is 16.3. The third-order valence-corrected chi connectivity index (χ3v) is 0.649. The number of hydrogen-bond donors (Lipinski definition) is 1. The molecule has 2 nitrogen and oxygen atoms in total. The molecular weight excluding hydrogens is 116 g/mol. The summed E-state index contributed by atoms with van der Waals surface area (Å²) in [5, 5.41) is 7.88. The molecule has 0 spiro atoms. The van der Waals surface area contributed by atoms with Crippen LogP contribution < -0.4 is 0 Å². The van der Waals surface area contributed by atoms with E-state index in [4.69, 9.17) is 5.11 Å². The van der Waals surface area contributed by atoms with Crippen LogP contribution in [0.25, 0.3) is 0 Å². The lowest BCUT2D eigenvalue weighted by Crippen LogP contribution is -1.69. The van der Waals surface area contributed by atoms with Crippen LogP contribution in [0.2, 0.25) is 0 Å². The van der Waals surface area contributed by atoms with E-state index in [9.17, 15) is 0 Å². The van der Waals surface area contributed by atoms with Crippen molar-refractivity contribution in [2.75, 3.05) is 6.61 Å². The fraction of sp³-hybridized carbons (Fsp3) is 0.429. The summed E-state index contributed by atoms with van der Waals surface area (Å²) in [6.07, 6.45) is 4.12. The first-order valence-electron chi connectivity index (χ1n) is 2.99. The predicted octanol–water partition coefficient (Wildman–Crippen LogP) is 1.67. The molecule has 1 N–H and O–H groups in total. The lowest BCUT2D eigenvalue weighted by atomic mass is 10.5. The maximum atomic E-state index is 7.88. The van der Waals surface area contributed by atoms with Gasteiger partial charge in [-0.2, -0.15) is 0 Å². The van der Waals surface area contributed by atoms with Crippen LogP contribution in [0.1, 0.15) is 13.3 Å². The van der Waals surface area contributed by atoms with Gasteiger partial charge in [-0.1, -0.05) is 6.92 Å². The normalized spacial score (nSPS) is 7.78. The second kappa shape index (κ2) is 7.24. The van der Waals surface area contributed by atoms with Gasteiger partial charge < -0.3 is 9.52 Å². The Morgan fingerprint density at radius 1 is 1.33 bits per heavy atom. The van der Waals surface area contributed by atoms with Crippen LogP contribution in [0, 0.1) is 0 Å². The minimum Gasteiger partial charge on any atom is -0.473 e. The van der Waals surface area contributed by atoms with Gasteiger partial charge in [-0.05, 0) is 18.6 Å². The van der Waals surface area contributed by atoms with Crippen molar-refractivity contribution >= 4 is 0 Å². The molecule has 0 saturated heterocycles. The quantitative estimate of drug-likeness (QED) is 0.624. The standard InChI is InChI=1S/C4H4O.C3H8O/c1-2-4-5-3-1;1-2-3-4/h1-4H;4H,2-3H2,1H3. The highest BCUT2D eigenvalue weighted by Gasteiger charge is 1.59. The second-order valence-corrected chi connectivity index (χ2v) is 1.52. The first kappa shape index (κ1) is 8.24. The lowest BCUT2D eigenvalue weighted by molar-refractivity contribution is 0.295. The Labute approximate surface area is 55.1 Å². The van der Waals surface area contributed by atoms with Gasteiger partial charge in [0.15, 0.2) is 0 Å². The topological polar surface area (TPSA) is 33.4 Å². The van der Waals surface area contributed by atoms with E-state index in [1.165, 1.54) is 0 Å². The highest BCUT2D eigenvalue weighted by molar-refractivity contribution is 4.79. The molecule has 1 heterocycles. The molecule has 52 valence electrons. The summed E-state index contributed by atoms with van der Waals surface area (Å²) in [5.41, 5.74) is 0. The van der Waals surface area contributed by atoms with E-state index in [-0.39, 0.29) is 0 Å². The fourth-order valence-electron chi connectivity index (χ4n) is 0.227. The van der Waals surface area contributed by atoms with Crippen LogP contribution in [0.3, 0.4) is 0 Å². The first-order chi connectivity index (χ1) is 4.41. The van der Waals surface area contributed by atoms with Gasteiger partial charge in [-0.15, -0.1) is 0 Å². The van der Waals surface area contributed by atoms with Crippen molar-refractivity contribution in [3.63, 3.8) is 0 Å².